The lowest BCUT2D eigenvalue weighted by Gasteiger charge is -2.15. The molecule has 0 saturated heterocycles. The molecule has 0 radical (unpaired) electrons. The zero-order chi connectivity index (χ0) is 13.5. The minimum Gasteiger partial charge on any atom is -0.392 e. The van der Waals surface area contributed by atoms with Crippen LogP contribution >= 0.6 is 11.3 Å². The Labute approximate surface area is 119 Å². The Hall–Kier alpha value is -1.16. The fraction of sp³-hybridized carbons (Fsp3) is 0.375. The first-order valence-electron chi connectivity index (χ1n) is 6.79. The van der Waals surface area contributed by atoms with Crippen LogP contribution in [0.3, 0.4) is 0 Å². The fourth-order valence-corrected chi connectivity index (χ4v) is 3.02. The number of benzene rings is 1. The molecule has 0 amide bonds. The van der Waals surface area contributed by atoms with E-state index in [0.29, 0.717) is 6.04 Å². The van der Waals surface area contributed by atoms with Gasteiger partial charge in [-0.1, -0.05) is 37.3 Å². The van der Waals surface area contributed by atoms with Gasteiger partial charge in [0.2, 0.25) is 0 Å². The first kappa shape index (κ1) is 14.3. The molecule has 1 atom stereocenters. The van der Waals surface area contributed by atoms with Crippen molar-refractivity contribution in [2.75, 3.05) is 6.54 Å². The van der Waals surface area contributed by atoms with Gasteiger partial charge in [0, 0.05) is 10.9 Å². The first-order chi connectivity index (χ1) is 9.33. The second-order valence-corrected chi connectivity index (χ2v) is 5.63. The summed E-state index contributed by atoms with van der Waals surface area (Å²) in [7, 11) is 0. The molecule has 1 aromatic heterocycles. The summed E-state index contributed by atoms with van der Waals surface area (Å²) >= 11 is 1.82. The van der Waals surface area contributed by atoms with Crippen molar-refractivity contribution in [3.63, 3.8) is 0 Å². The van der Waals surface area contributed by atoms with Crippen molar-refractivity contribution in [1.29, 1.82) is 0 Å². The van der Waals surface area contributed by atoms with Gasteiger partial charge in [-0.3, -0.25) is 0 Å². The predicted octanol–water partition coefficient (Wildman–Crippen LogP) is 3.52. The summed E-state index contributed by atoms with van der Waals surface area (Å²) in [6, 6.07) is 13.0. The van der Waals surface area contributed by atoms with Crippen LogP contribution in [0, 0.1) is 0 Å². The van der Waals surface area contributed by atoms with Gasteiger partial charge in [0.1, 0.15) is 0 Å². The topological polar surface area (TPSA) is 32.3 Å². The molecule has 0 aliphatic rings. The van der Waals surface area contributed by atoms with Crippen molar-refractivity contribution >= 4 is 11.3 Å². The Morgan fingerprint density at radius 1 is 1.16 bits per heavy atom. The number of hydrogen-bond donors (Lipinski definition) is 2. The molecule has 0 spiro atoms. The molecule has 1 unspecified atom stereocenters. The van der Waals surface area contributed by atoms with Gasteiger partial charge in [0.25, 0.3) is 0 Å². The molecule has 102 valence electrons. The van der Waals surface area contributed by atoms with Gasteiger partial charge >= 0.3 is 0 Å². The smallest absolute Gasteiger partial charge is 0.0681 e. The minimum atomic E-state index is 0.120. The molecular formula is C16H21NOS. The van der Waals surface area contributed by atoms with E-state index >= 15 is 0 Å². The Bertz CT molecular complexity index is 464. The molecule has 2 N–H and O–H groups in total. The Morgan fingerprint density at radius 3 is 2.47 bits per heavy atom. The maximum Gasteiger partial charge on any atom is 0.0681 e. The fourth-order valence-electron chi connectivity index (χ4n) is 2.14. The van der Waals surface area contributed by atoms with Crippen LogP contribution < -0.4 is 5.32 Å². The van der Waals surface area contributed by atoms with E-state index < -0.39 is 0 Å². The van der Waals surface area contributed by atoms with Crippen molar-refractivity contribution in [3.05, 3.63) is 57.8 Å². The standard InChI is InChI=1S/C16H21NOS/c1-2-15(16-4-3-11-19-16)17-10-9-13-5-7-14(12-18)8-6-13/h3-8,11,15,17-18H,2,9-10,12H2,1H3. The van der Waals surface area contributed by atoms with E-state index in [2.05, 4.69) is 41.9 Å². The van der Waals surface area contributed by atoms with E-state index in [4.69, 9.17) is 5.11 Å². The maximum atomic E-state index is 9.00. The lowest BCUT2D eigenvalue weighted by molar-refractivity contribution is 0.282. The molecule has 0 saturated carbocycles. The van der Waals surface area contributed by atoms with Crippen molar-refractivity contribution < 1.29 is 5.11 Å². The molecule has 0 fully saturated rings. The van der Waals surface area contributed by atoms with E-state index in [1.165, 1.54) is 10.4 Å². The summed E-state index contributed by atoms with van der Waals surface area (Å²) in [5, 5.41) is 14.7. The summed E-state index contributed by atoms with van der Waals surface area (Å²) < 4.78 is 0. The number of thiophene rings is 1. The highest BCUT2D eigenvalue weighted by Crippen LogP contribution is 2.21. The number of aliphatic hydroxyl groups excluding tert-OH is 1. The zero-order valence-electron chi connectivity index (χ0n) is 11.3. The predicted molar refractivity (Wildman–Crippen MR) is 81.4 cm³/mol. The van der Waals surface area contributed by atoms with Crippen molar-refractivity contribution in [1.82, 2.24) is 5.32 Å². The van der Waals surface area contributed by atoms with Gasteiger partial charge in [0.05, 0.1) is 6.61 Å². The van der Waals surface area contributed by atoms with Crippen LogP contribution in [0.25, 0.3) is 0 Å². The van der Waals surface area contributed by atoms with E-state index in [1.807, 2.05) is 23.5 Å². The van der Waals surface area contributed by atoms with Crippen LogP contribution in [-0.2, 0) is 13.0 Å². The molecule has 2 rings (SSSR count). The molecule has 19 heavy (non-hydrogen) atoms. The Balaban J connectivity index is 1.81. The van der Waals surface area contributed by atoms with E-state index in [1.54, 1.807) is 0 Å². The van der Waals surface area contributed by atoms with E-state index in [0.717, 1.165) is 24.9 Å². The molecule has 2 nitrogen and oxygen atoms in total. The van der Waals surface area contributed by atoms with Gasteiger partial charge in [0.15, 0.2) is 0 Å². The maximum absolute atomic E-state index is 9.00. The number of hydrogen-bond acceptors (Lipinski definition) is 3. The van der Waals surface area contributed by atoms with Crippen LogP contribution in [0.2, 0.25) is 0 Å². The van der Waals surface area contributed by atoms with Gasteiger partial charge < -0.3 is 10.4 Å². The quantitative estimate of drug-likeness (QED) is 0.810. The number of rotatable bonds is 7. The van der Waals surface area contributed by atoms with Crippen molar-refractivity contribution in [2.24, 2.45) is 0 Å². The molecule has 3 heteroatoms. The Morgan fingerprint density at radius 2 is 1.89 bits per heavy atom. The van der Waals surface area contributed by atoms with Crippen LogP contribution in [0.5, 0.6) is 0 Å². The molecule has 0 aliphatic heterocycles. The van der Waals surface area contributed by atoms with Gasteiger partial charge in [-0.05, 0) is 42.0 Å². The van der Waals surface area contributed by atoms with Crippen LogP contribution in [0.1, 0.15) is 35.4 Å². The lowest BCUT2D eigenvalue weighted by atomic mass is 10.1. The number of nitrogens with one attached hydrogen (secondary N) is 1. The zero-order valence-corrected chi connectivity index (χ0v) is 12.1. The minimum absolute atomic E-state index is 0.120. The van der Waals surface area contributed by atoms with E-state index in [9.17, 15) is 0 Å². The largest absolute Gasteiger partial charge is 0.392 e. The lowest BCUT2D eigenvalue weighted by Crippen LogP contribution is -2.22. The SMILES string of the molecule is CCC(NCCc1ccc(CO)cc1)c1cccs1. The molecule has 1 heterocycles. The third-order valence-electron chi connectivity index (χ3n) is 3.30. The highest BCUT2D eigenvalue weighted by molar-refractivity contribution is 7.10. The van der Waals surface area contributed by atoms with E-state index in [-0.39, 0.29) is 6.61 Å². The van der Waals surface area contributed by atoms with Gasteiger partial charge in [-0.25, -0.2) is 0 Å². The summed E-state index contributed by atoms with van der Waals surface area (Å²) in [4.78, 5) is 1.41. The number of aliphatic hydroxyl groups is 1. The molecule has 2 aromatic rings. The van der Waals surface area contributed by atoms with Crippen molar-refractivity contribution in [3.8, 4) is 0 Å². The first-order valence-corrected chi connectivity index (χ1v) is 7.67. The summed E-state index contributed by atoms with van der Waals surface area (Å²) in [5.41, 5.74) is 2.28. The second kappa shape index (κ2) is 7.43. The molecule has 0 aliphatic carbocycles. The van der Waals surface area contributed by atoms with Gasteiger partial charge in [-0.2, -0.15) is 0 Å². The second-order valence-electron chi connectivity index (χ2n) is 4.65. The summed E-state index contributed by atoms with van der Waals surface area (Å²) in [6.45, 7) is 3.32. The van der Waals surface area contributed by atoms with Crippen LogP contribution in [0.4, 0.5) is 0 Å². The summed E-state index contributed by atoms with van der Waals surface area (Å²) in [6.07, 6.45) is 2.14. The third-order valence-corrected chi connectivity index (χ3v) is 4.29. The van der Waals surface area contributed by atoms with Crippen molar-refractivity contribution in [2.45, 2.75) is 32.4 Å². The third kappa shape index (κ3) is 4.16. The highest BCUT2D eigenvalue weighted by atomic mass is 32.1. The molecular weight excluding hydrogens is 254 g/mol. The normalized spacial score (nSPS) is 12.5. The Kier molecular flexibility index (Phi) is 5.58. The molecule has 1 aromatic carbocycles. The average molecular weight is 275 g/mol. The van der Waals surface area contributed by atoms with Crippen LogP contribution in [0.15, 0.2) is 41.8 Å². The van der Waals surface area contributed by atoms with Gasteiger partial charge in [-0.15, -0.1) is 11.3 Å². The molecule has 0 bridgehead atoms. The monoisotopic (exact) mass is 275 g/mol. The summed E-state index contributed by atoms with van der Waals surface area (Å²) in [5.74, 6) is 0. The highest BCUT2D eigenvalue weighted by Gasteiger charge is 2.08. The van der Waals surface area contributed by atoms with Crippen LogP contribution in [-0.4, -0.2) is 11.7 Å². The average Bonchev–Trinajstić information content (AvgIpc) is 2.98.